The van der Waals surface area contributed by atoms with Crippen molar-refractivity contribution >= 4 is 16.8 Å². The maximum atomic E-state index is 8.22. The summed E-state index contributed by atoms with van der Waals surface area (Å²) in [6.07, 6.45) is 11.3. The van der Waals surface area contributed by atoms with E-state index in [4.69, 9.17) is 5.41 Å². The lowest BCUT2D eigenvalue weighted by Gasteiger charge is -2.29. The van der Waals surface area contributed by atoms with Crippen LogP contribution in [0.5, 0.6) is 0 Å². The lowest BCUT2D eigenvalue weighted by atomic mass is 10.1. The van der Waals surface area contributed by atoms with E-state index < -0.39 is 0 Å². The summed E-state index contributed by atoms with van der Waals surface area (Å²) in [4.78, 5) is 2.07. The van der Waals surface area contributed by atoms with Crippen molar-refractivity contribution < 1.29 is 0 Å². The van der Waals surface area contributed by atoms with Crippen LogP contribution in [0.1, 0.15) is 27.2 Å². The van der Waals surface area contributed by atoms with Gasteiger partial charge in [0.1, 0.15) is 5.82 Å². The molecule has 1 atom stereocenters. The minimum Gasteiger partial charge on any atom is -0.388 e. The Morgan fingerprint density at radius 2 is 2.30 bits per heavy atom. The Morgan fingerprint density at radius 3 is 2.91 bits per heavy atom. The molecule has 1 heterocycles. The number of nitrogens with zero attached hydrogens (tertiary/aromatic N) is 1. The third-order valence-electron chi connectivity index (χ3n) is 3.48. The fraction of sp³-hybridized carbons (Fsp3) is 0.389. The summed E-state index contributed by atoms with van der Waals surface area (Å²) in [5, 5.41) is 17.3. The van der Waals surface area contributed by atoms with Crippen molar-refractivity contribution in [3.8, 4) is 0 Å². The van der Waals surface area contributed by atoms with Gasteiger partial charge < -0.3 is 15.5 Å². The van der Waals surface area contributed by atoms with E-state index in [1.807, 2.05) is 44.7 Å². The molecule has 126 valence electrons. The van der Waals surface area contributed by atoms with Gasteiger partial charge in [-0.3, -0.25) is 5.41 Å². The summed E-state index contributed by atoms with van der Waals surface area (Å²) in [7, 11) is 1.85. The summed E-state index contributed by atoms with van der Waals surface area (Å²) in [5.74, 6) is 1.03. The van der Waals surface area contributed by atoms with Gasteiger partial charge in [-0.1, -0.05) is 43.5 Å². The minimum absolute atomic E-state index is 0.352. The lowest BCUT2D eigenvalue weighted by Crippen LogP contribution is -2.37. The SMILES string of the molecule is C=C(NC)/C(C)=C/SC(=N)CN(/C=C\C)C1=CC=CC(CC)N1. The average Bonchev–Trinajstić information content (AvgIpc) is 2.58. The van der Waals surface area contributed by atoms with Crippen LogP contribution in [-0.4, -0.2) is 29.6 Å². The Hall–Kier alpha value is -1.88. The standard InChI is InChI=1S/C18H28N4S/c1-6-11-22(18-10-8-9-16(7-2)21-18)12-17(19)23-13-14(3)15(4)20-5/h6,8-11,13,16,19-21H,4,7,12H2,1-3,5H3/b11-6-,14-13+,19-17?. The molecule has 0 aromatic rings. The van der Waals surface area contributed by atoms with Crippen LogP contribution in [0.4, 0.5) is 0 Å². The van der Waals surface area contributed by atoms with E-state index in [2.05, 4.69) is 41.2 Å². The van der Waals surface area contributed by atoms with Gasteiger partial charge in [0.05, 0.1) is 11.6 Å². The van der Waals surface area contributed by atoms with Crippen molar-refractivity contribution in [3.05, 3.63) is 59.6 Å². The normalized spacial score (nSPS) is 17.7. The van der Waals surface area contributed by atoms with Crippen LogP contribution >= 0.6 is 11.8 Å². The smallest absolute Gasteiger partial charge is 0.106 e. The van der Waals surface area contributed by atoms with Gasteiger partial charge in [0.25, 0.3) is 0 Å². The molecule has 23 heavy (non-hydrogen) atoms. The van der Waals surface area contributed by atoms with Crippen molar-refractivity contribution in [1.29, 1.82) is 5.41 Å². The number of nitrogens with one attached hydrogen (secondary N) is 3. The van der Waals surface area contributed by atoms with Crippen LogP contribution in [-0.2, 0) is 0 Å². The molecule has 0 spiro atoms. The zero-order chi connectivity index (χ0) is 17.2. The summed E-state index contributed by atoms with van der Waals surface area (Å²) >= 11 is 1.42. The third kappa shape index (κ3) is 6.40. The highest BCUT2D eigenvalue weighted by atomic mass is 32.2. The number of hydrogen-bond donors (Lipinski definition) is 3. The van der Waals surface area contributed by atoms with Crippen molar-refractivity contribution in [1.82, 2.24) is 15.5 Å². The van der Waals surface area contributed by atoms with E-state index in [0.29, 0.717) is 17.6 Å². The second-order valence-electron chi connectivity index (χ2n) is 5.28. The van der Waals surface area contributed by atoms with Gasteiger partial charge >= 0.3 is 0 Å². The lowest BCUT2D eigenvalue weighted by molar-refractivity contribution is 0.449. The van der Waals surface area contributed by atoms with E-state index in [1.54, 1.807) is 0 Å². The Kier molecular flexibility index (Phi) is 8.33. The number of hydrogen-bond acceptors (Lipinski definition) is 5. The van der Waals surface area contributed by atoms with Crippen molar-refractivity contribution in [2.24, 2.45) is 0 Å². The molecule has 1 aliphatic rings. The summed E-state index contributed by atoms with van der Waals surface area (Å²) in [5.41, 5.74) is 1.92. The molecule has 1 aliphatic heterocycles. The molecule has 0 aromatic carbocycles. The molecule has 0 fully saturated rings. The predicted molar refractivity (Wildman–Crippen MR) is 103 cm³/mol. The van der Waals surface area contributed by atoms with E-state index in [1.165, 1.54) is 11.8 Å². The molecule has 0 aromatic heterocycles. The molecule has 3 N–H and O–H groups in total. The molecule has 1 rings (SSSR count). The van der Waals surface area contributed by atoms with Gasteiger partial charge in [0.2, 0.25) is 0 Å². The maximum absolute atomic E-state index is 8.22. The second kappa shape index (κ2) is 10.0. The molecule has 0 radical (unpaired) electrons. The Bertz CT molecular complexity index is 543. The highest BCUT2D eigenvalue weighted by molar-refractivity contribution is 8.16. The van der Waals surface area contributed by atoms with Crippen LogP contribution in [0, 0.1) is 5.41 Å². The molecule has 0 saturated heterocycles. The molecule has 0 amide bonds. The molecule has 0 aliphatic carbocycles. The van der Waals surface area contributed by atoms with Crippen LogP contribution in [0.3, 0.4) is 0 Å². The van der Waals surface area contributed by atoms with Gasteiger partial charge in [-0.25, -0.2) is 0 Å². The Balaban J connectivity index is 2.69. The molecule has 1 unspecified atom stereocenters. The van der Waals surface area contributed by atoms with Gasteiger partial charge in [-0.05, 0) is 37.3 Å². The number of dihydropyridines is 1. The molecule has 0 saturated carbocycles. The van der Waals surface area contributed by atoms with Crippen LogP contribution in [0.15, 0.2) is 59.6 Å². The molecular weight excluding hydrogens is 304 g/mol. The number of likely N-dealkylation sites (N-methyl/N-ethyl adjacent to an activating group) is 1. The second-order valence-corrected chi connectivity index (χ2v) is 6.24. The van der Waals surface area contributed by atoms with Crippen molar-refractivity contribution in [3.63, 3.8) is 0 Å². The topological polar surface area (TPSA) is 51.2 Å². The van der Waals surface area contributed by atoms with E-state index in [9.17, 15) is 0 Å². The fourth-order valence-corrected chi connectivity index (χ4v) is 2.68. The predicted octanol–water partition coefficient (Wildman–Crippen LogP) is 3.95. The van der Waals surface area contributed by atoms with E-state index in [0.717, 1.165) is 23.5 Å². The van der Waals surface area contributed by atoms with E-state index in [-0.39, 0.29) is 0 Å². The average molecular weight is 333 g/mol. The van der Waals surface area contributed by atoms with Crippen molar-refractivity contribution in [2.45, 2.75) is 33.2 Å². The zero-order valence-corrected chi connectivity index (χ0v) is 15.3. The summed E-state index contributed by atoms with van der Waals surface area (Å²) in [6.45, 7) is 10.6. The monoisotopic (exact) mass is 332 g/mol. The fourth-order valence-electron chi connectivity index (χ4n) is 2.00. The molecule has 4 nitrogen and oxygen atoms in total. The summed E-state index contributed by atoms with van der Waals surface area (Å²) in [6, 6.07) is 0.352. The molecule has 5 heteroatoms. The van der Waals surface area contributed by atoms with Gasteiger partial charge in [-0.15, -0.1) is 0 Å². The first-order valence-corrected chi connectivity index (χ1v) is 8.72. The summed E-state index contributed by atoms with van der Waals surface area (Å²) < 4.78 is 0. The van der Waals surface area contributed by atoms with Gasteiger partial charge in [0.15, 0.2) is 0 Å². The Labute approximate surface area is 144 Å². The minimum atomic E-state index is 0.352. The maximum Gasteiger partial charge on any atom is 0.106 e. The van der Waals surface area contributed by atoms with E-state index >= 15 is 0 Å². The van der Waals surface area contributed by atoms with Gasteiger partial charge in [-0.2, -0.15) is 0 Å². The van der Waals surface area contributed by atoms with Crippen LogP contribution in [0.2, 0.25) is 0 Å². The number of allylic oxidation sites excluding steroid dienone is 4. The number of rotatable bonds is 8. The quantitative estimate of drug-likeness (QED) is 0.358. The van der Waals surface area contributed by atoms with Crippen LogP contribution < -0.4 is 10.6 Å². The number of thioether (sulfide) groups is 1. The Morgan fingerprint density at radius 1 is 1.57 bits per heavy atom. The first kappa shape index (κ1) is 19.2. The van der Waals surface area contributed by atoms with Crippen molar-refractivity contribution in [2.75, 3.05) is 13.6 Å². The zero-order valence-electron chi connectivity index (χ0n) is 14.5. The first-order chi connectivity index (χ1) is 11.0. The van der Waals surface area contributed by atoms with Gasteiger partial charge in [0, 0.05) is 25.0 Å². The molecular formula is C18H28N4S. The first-order valence-electron chi connectivity index (χ1n) is 7.84. The highest BCUT2D eigenvalue weighted by Crippen LogP contribution is 2.16. The largest absolute Gasteiger partial charge is 0.388 e. The third-order valence-corrected chi connectivity index (χ3v) is 4.36. The van der Waals surface area contributed by atoms with Crippen LogP contribution in [0.25, 0.3) is 0 Å². The highest BCUT2D eigenvalue weighted by Gasteiger charge is 2.14. The molecule has 0 bridgehead atoms.